The van der Waals surface area contributed by atoms with E-state index in [-0.39, 0.29) is 0 Å². The van der Waals surface area contributed by atoms with Crippen molar-refractivity contribution in [2.24, 2.45) is 0 Å². The largest absolute Gasteiger partial charge is 0.512 e. The molecule has 2 aromatic rings. The molecule has 0 aliphatic heterocycles. The molecule has 0 fully saturated rings. The van der Waals surface area contributed by atoms with Gasteiger partial charge in [-0.3, -0.25) is 0 Å². The minimum atomic E-state index is -5.01. The fourth-order valence-electron chi connectivity index (χ4n) is 1.05. The molecule has 0 saturated heterocycles. The van der Waals surface area contributed by atoms with Crippen molar-refractivity contribution < 1.29 is 12.9 Å². The van der Waals surface area contributed by atoms with E-state index in [0.717, 1.165) is 17.1 Å². The molecule has 2 aromatic heterocycles. The quantitative estimate of drug-likeness (QED) is 0.690. The Kier molecular flexibility index (Phi) is 2.18. The summed E-state index contributed by atoms with van der Waals surface area (Å²) in [6, 6.07) is 1.47. The number of rotatable bonds is 2. The van der Waals surface area contributed by atoms with E-state index < -0.39 is 12.4 Å². The van der Waals surface area contributed by atoms with Gasteiger partial charge < -0.3 is 12.9 Å². The number of hydrogen-bond donors (Lipinski definition) is 0. The summed E-state index contributed by atoms with van der Waals surface area (Å²) in [5, 5.41) is 3.57. The minimum Gasteiger partial charge on any atom is -0.445 e. The Labute approximate surface area is 82.8 Å². The SMILES string of the molecule is F[B-](F)(F)c1cnn(-c2ccncn2)c1. The predicted octanol–water partition coefficient (Wildman–Crippen LogP) is 0.717. The highest BCUT2D eigenvalue weighted by Gasteiger charge is 2.27. The van der Waals surface area contributed by atoms with E-state index >= 15 is 0 Å². The molecule has 0 aliphatic rings. The lowest BCUT2D eigenvalue weighted by atomic mass is 9.83. The van der Waals surface area contributed by atoms with Crippen LogP contribution in [0.5, 0.6) is 0 Å². The van der Waals surface area contributed by atoms with Gasteiger partial charge in [0, 0.05) is 24.7 Å². The van der Waals surface area contributed by atoms with Crippen LogP contribution in [0.4, 0.5) is 12.9 Å². The third-order valence-corrected chi connectivity index (χ3v) is 1.78. The summed E-state index contributed by atoms with van der Waals surface area (Å²) in [6.45, 7) is -5.01. The standard InChI is InChI=1S/C7H5BF3N4/c9-8(10,11)6-3-14-15(4-6)7-1-2-12-5-13-7/h1-5H/q-1. The second kappa shape index (κ2) is 3.37. The van der Waals surface area contributed by atoms with Crippen LogP contribution in [0, 0.1) is 0 Å². The van der Waals surface area contributed by atoms with Crippen molar-refractivity contribution in [3.05, 3.63) is 31.0 Å². The first kappa shape index (κ1) is 9.69. The van der Waals surface area contributed by atoms with Crippen LogP contribution >= 0.6 is 0 Å². The number of hydrogen-bond acceptors (Lipinski definition) is 3. The molecule has 0 saturated carbocycles. The van der Waals surface area contributed by atoms with Crippen molar-refractivity contribution in [3.8, 4) is 5.82 Å². The lowest BCUT2D eigenvalue weighted by Gasteiger charge is -2.09. The van der Waals surface area contributed by atoms with E-state index in [9.17, 15) is 12.9 Å². The van der Waals surface area contributed by atoms with Crippen molar-refractivity contribution in [1.82, 2.24) is 19.7 Å². The molecule has 78 valence electrons. The highest BCUT2D eigenvalue weighted by atomic mass is 19.4. The van der Waals surface area contributed by atoms with Crippen molar-refractivity contribution >= 4 is 12.4 Å². The molecule has 0 atom stereocenters. The summed E-state index contributed by atoms with van der Waals surface area (Å²) in [5.41, 5.74) is -0.742. The van der Waals surface area contributed by atoms with E-state index in [2.05, 4.69) is 15.1 Å². The maximum atomic E-state index is 12.3. The van der Waals surface area contributed by atoms with E-state index in [1.165, 1.54) is 18.6 Å². The minimum absolute atomic E-state index is 0.302. The maximum absolute atomic E-state index is 12.3. The van der Waals surface area contributed by atoms with Gasteiger partial charge in [0.2, 0.25) is 0 Å². The first-order valence-corrected chi connectivity index (χ1v) is 4.08. The zero-order chi connectivity index (χ0) is 10.9. The van der Waals surface area contributed by atoms with Gasteiger partial charge in [0.15, 0.2) is 5.82 Å². The van der Waals surface area contributed by atoms with Crippen LogP contribution in [-0.4, -0.2) is 26.7 Å². The summed E-state index contributed by atoms with van der Waals surface area (Å²) in [7, 11) is 0. The Morgan fingerprint density at radius 3 is 2.60 bits per heavy atom. The van der Waals surface area contributed by atoms with E-state index in [0.29, 0.717) is 5.82 Å². The van der Waals surface area contributed by atoms with Crippen molar-refractivity contribution in [2.75, 3.05) is 0 Å². The van der Waals surface area contributed by atoms with Gasteiger partial charge in [-0.15, -0.1) is 0 Å². The van der Waals surface area contributed by atoms with Crippen LogP contribution in [0.3, 0.4) is 0 Å². The fraction of sp³-hybridized carbons (Fsp3) is 0. The Bertz CT molecular complexity index is 453. The summed E-state index contributed by atoms with van der Waals surface area (Å²) >= 11 is 0. The molecule has 0 radical (unpaired) electrons. The molecule has 8 heteroatoms. The smallest absolute Gasteiger partial charge is 0.445 e. The molecule has 2 heterocycles. The molecular formula is C7H5BF3N4-. The molecule has 4 nitrogen and oxygen atoms in total. The van der Waals surface area contributed by atoms with Crippen LogP contribution in [-0.2, 0) is 0 Å². The Balaban J connectivity index is 2.37. The Morgan fingerprint density at radius 2 is 2.07 bits per heavy atom. The van der Waals surface area contributed by atoms with Crippen LogP contribution in [0.2, 0.25) is 0 Å². The zero-order valence-electron chi connectivity index (χ0n) is 7.39. The molecule has 0 aromatic carbocycles. The lowest BCUT2D eigenvalue weighted by molar-refractivity contribution is 0.501. The van der Waals surface area contributed by atoms with E-state index in [4.69, 9.17) is 0 Å². The Hall–Kier alpha value is -1.86. The van der Waals surface area contributed by atoms with Crippen molar-refractivity contribution in [1.29, 1.82) is 0 Å². The summed E-state index contributed by atoms with van der Waals surface area (Å²) < 4.78 is 37.9. The Morgan fingerprint density at radius 1 is 1.27 bits per heavy atom. The van der Waals surface area contributed by atoms with Gasteiger partial charge in [0.05, 0.1) is 0 Å². The average Bonchev–Trinajstić information content (AvgIpc) is 2.67. The van der Waals surface area contributed by atoms with E-state index in [1.54, 1.807) is 0 Å². The van der Waals surface area contributed by atoms with Crippen LogP contribution in [0.25, 0.3) is 5.82 Å². The highest BCUT2D eigenvalue weighted by Crippen LogP contribution is 2.09. The topological polar surface area (TPSA) is 43.6 Å². The van der Waals surface area contributed by atoms with Crippen LogP contribution in [0.15, 0.2) is 31.0 Å². The summed E-state index contributed by atoms with van der Waals surface area (Å²) in [4.78, 5) is 7.43. The summed E-state index contributed by atoms with van der Waals surface area (Å²) in [5.74, 6) is 0.302. The molecule has 15 heavy (non-hydrogen) atoms. The number of nitrogens with zero attached hydrogens (tertiary/aromatic N) is 4. The third-order valence-electron chi connectivity index (χ3n) is 1.78. The average molecular weight is 213 g/mol. The summed E-state index contributed by atoms with van der Waals surface area (Å²) in [6.07, 6.45) is 4.36. The van der Waals surface area contributed by atoms with Crippen LogP contribution < -0.4 is 5.46 Å². The van der Waals surface area contributed by atoms with Gasteiger partial charge in [0.25, 0.3) is 0 Å². The van der Waals surface area contributed by atoms with Gasteiger partial charge in [-0.1, -0.05) is 5.46 Å². The monoisotopic (exact) mass is 213 g/mol. The first-order chi connectivity index (χ1) is 7.07. The third kappa shape index (κ3) is 1.98. The predicted molar refractivity (Wildman–Crippen MR) is 47.9 cm³/mol. The van der Waals surface area contributed by atoms with Crippen LogP contribution in [0.1, 0.15) is 0 Å². The van der Waals surface area contributed by atoms with Gasteiger partial charge >= 0.3 is 6.98 Å². The number of aromatic nitrogens is 4. The molecule has 0 unspecified atom stereocenters. The van der Waals surface area contributed by atoms with Crippen molar-refractivity contribution in [3.63, 3.8) is 0 Å². The molecular weight excluding hydrogens is 208 g/mol. The molecule has 0 amide bonds. The first-order valence-electron chi connectivity index (χ1n) is 4.08. The van der Waals surface area contributed by atoms with Gasteiger partial charge in [-0.2, -0.15) is 5.10 Å². The fourth-order valence-corrected chi connectivity index (χ4v) is 1.05. The lowest BCUT2D eigenvalue weighted by Crippen LogP contribution is -2.32. The zero-order valence-corrected chi connectivity index (χ0v) is 7.39. The van der Waals surface area contributed by atoms with E-state index in [1.807, 2.05) is 0 Å². The molecule has 0 N–H and O–H groups in total. The highest BCUT2D eigenvalue weighted by molar-refractivity contribution is 6.73. The van der Waals surface area contributed by atoms with Gasteiger partial charge in [0.1, 0.15) is 6.33 Å². The van der Waals surface area contributed by atoms with Gasteiger partial charge in [-0.05, 0) is 0 Å². The molecule has 0 aliphatic carbocycles. The second-order valence-corrected chi connectivity index (χ2v) is 2.86. The molecule has 0 spiro atoms. The van der Waals surface area contributed by atoms with Crippen molar-refractivity contribution in [2.45, 2.75) is 0 Å². The molecule has 2 rings (SSSR count). The normalized spacial score (nSPS) is 11.7. The van der Waals surface area contributed by atoms with Gasteiger partial charge in [-0.25, -0.2) is 14.6 Å². The maximum Gasteiger partial charge on any atom is 0.512 e. The second-order valence-electron chi connectivity index (χ2n) is 2.86. The number of halogens is 3. The molecule has 0 bridgehead atoms.